The second-order valence-electron chi connectivity index (χ2n) is 5.92. The van der Waals surface area contributed by atoms with Gasteiger partial charge in [0.1, 0.15) is 5.82 Å². The molecule has 1 aliphatic rings. The van der Waals surface area contributed by atoms with Crippen molar-refractivity contribution in [2.45, 2.75) is 25.4 Å². The van der Waals surface area contributed by atoms with E-state index < -0.39 is 0 Å². The minimum atomic E-state index is 0.534. The smallest absolute Gasteiger partial charge is 0.132 e. The van der Waals surface area contributed by atoms with E-state index in [0.29, 0.717) is 6.04 Å². The van der Waals surface area contributed by atoms with E-state index in [1.165, 1.54) is 18.4 Å². The van der Waals surface area contributed by atoms with Gasteiger partial charge in [0.05, 0.1) is 0 Å². The number of hydrogen-bond donors (Lipinski definition) is 1. The first-order chi connectivity index (χ1) is 10.8. The molecule has 0 bridgehead atoms. The Morgan fingerprint density at radius 3 is 2.73 bits per heavy atom. The highest BCUT2D eigenvalue weighted by Crippen LogP contribution is 2.23. The summed E-state index contributed by atoms with van der Waals surface area (Å²) in [7, 11) is 2.04. The monoisotopic (exact) mass is 296 g/mol. The van der Waals surface area contributed by atoms with E-state index in [0.717, 1.165) is 31.1 Å². The minimum absolute atomic E-state index is 0.534. The molecule has 0 spiro atoms. The molecule has 1 fully saturated rings. The lowest BCUT2D eigenvalue weighted by atomic mass is 10.2. The summed E-state index contributed by atoms with van der Waals surface area (Å²) in [6.45, 7) is 2.85. The minimum Gasteiger partial charge on any atom is -0.329 e. The third kappa shape index (κ3) is 3.29. The SMILES string of the molecule is CN(c1ccccc1)c1ccc(CN2CCCC2CN)cn1. The van der Waals surface area contributed by atoms with Gasteiger partial charge in [-0.1, -0.05) is 24.3 Å². The van der Waals surface area contributed by atoms with Gasteiger partial charge in [-0.2, -0.15) is 0 Å². The molecule has 1 saturated heterocycles. The molecule has 0 saturated carbocycles. The second kappa shape index (κ2) is 6.90. The summed E-state index contributed by atoms with van der Waals surface area (Å²) in [5.41, 5.74) is 8.24. The van der Waals surface area contributed by atoms with Crippen LogP contribution in [0.3, 0.4) is 0 Å². The summed E-state index contributed by atoms with van der Waals surface area (Å²) in [6, 6.07) is 15.1. The number of nitrogens with two attached hydrogens (primary N) is 1. The number of aromatic nitrogens is 1. The molecule has 0 radical (unpaired) electrons. The fourth-order valence-electron chi connectivity index (χ4n) is 3.10. The Kier molecular flexibility index (Phi) is 4.71. The molecule has 1 unspecified atom stereocenters. The first-order valence-electron chi connectivity index (χ1n) is 7.96. The van der Waals surface area contributed by atoms with Gasteiger partial charge in [0.25, 0.3) is 0 Å². The maximum atomic E-state index is 5.84. The largest absolute Gasteiger partial charge is 0.329 e. The van der Waals surface area contributed by atoms with E-state index in [4.69, 9.17) is 5.73 Å². The molecule has 116 valence electrons. The van der Waals surface area contributed by atoms with Crippen molar-refractivity contribution in [2.75, 3.05) is 25.0 Å². The van der Waals surface area contributed by atoms with Gasteiger partial charge in [0.15, 0.2) is 0 Å². The lowest BCUT2D eigenvalue weighted by Gasteiger charge is -2.23. The van der Waals surface area contributed by atoms with Crippen LogP contribution in [0.15, 0.2) is 48.7 Å². The van der Waals surface area contributed by atoms with E-state index in [9.17, 15) is 0 Å². The van der Waals surface area contributed by atoms with Crippen LogP contribution < -0.4 is 10.6 Å². The molecule has 1 atom stereocenters. The molecule has 2 N–H and O–H groups in total. The van der Waals surface area contributed by atoms with Crippen LogP contribution in [0, 0.1) is 0 Å². The second-order valence-corrected chi connectivity index (χ2v) is 5.92. The Bertz CT molecular complexity index is 582. The average Bonchev–Trinajstić information content (AvgIpc) is 3.03. The molecule has 2 aromatic rings. The summed E-state index contributed by atoms with van der Waals surface area (Å²) >= 11 is 0. The molecule has 1 aromatic heterocycles. The van der Waals surface area contributed by atoms with E-state index in [-0.39, 0.29) is 0 Å². The molecule has 0 amide bonds. The summed E-state index contributed by atoms with van der Waals surface area (Å²) < 4.78 is 0. The van der Waals surface area contributed by atoms with Gasteiger partial charge >= 0.3 is 0 Å². The van der Waals surface area contributed by atoms with Crippen molar-refractivity contribution >= 4 is 11.5 Å². The zero-order valence-corrected chi connectivity index (χ0v) is 13.2. The van der Waals surface area contributed by atoms with Crippen LogP contribution in [-0.2, 0) is 6.54 Å². The molecule has 1 aliphatic heterocycles. The van der Waals surface area contributed by atoms with Crippen LogP contribution in [-0.4, -0.2) is 36.1 Å². The number of nitrogens with zero attached hydrogens (tertiary/aromatic N) is 3. The summed E-state index contributed by atoms with van der Waals surface area (Å²) in [4.78, 5) is 9.19. The van der Waals surface area contributed by atoms with Gasteiger partial charge in [-0.3, -0.25) is 4.90 Å². The molecular formula is C18H24N4. The first kappa shape index (κ1) is 15.0. The zero-order chi connectivity index (χ0) is 15.4. The topological polar surface area (TPSA) is 45.4 Å². The Labute approximate surface area is 132 Å². The molecule has 1 aromatic carbocycles. The van der Waals surface area contributed by atoms with Gasteiger partial charge in [-0.05, 0) is 43.1 Å². The maximum absolute atomic E-state index is 5.84. The van der Waals surface area contributed by atoms with Crippen LogP contribution in [0.5, 0.6) is 0 Å². The average molecular weight is 296 g/mol. The van der Waals surface area contributed by atoms with Crippen molar-refractivity contribution in [3.05, 3.63) is 54.2 Å². The molecule has 4 nitrogen and oxygen atoms in total. The van der Waals surface area contributed by atoms with E-state index in [1.807, 2.05) is 31.4 Å². The first-order valence-corrected chi connectivity index (χ1v) is 7.96. The maximum Gasteiger partial charge on any atom is 0.132 e. The Morgan fingerprint density at radius 2 is 2.05 bits per heavy atom. The van der Waals surface area contributed by atoms with Crippen molar-refractivity contribution in [3.63, 3.8) is 0 Å². The van der Waals surface area contributed by atoms with Crippen molar-refractivity contribution in [1.29, 1.82) is 0 Å². The number of anilines is 2. The molecule has 3 rings (SSSR count). The Balaban J connectivity index is 1.68. The highest BCUT2D eigenvalue weighted by molar-refractivity contribution is 5.58. The highest BCUT2D eigenvalue weighted by Gasteiger charge is 2.22. The van der Waals surface area contributed by atoms with Crippen molar-refractivity contribution in [1.82, 2.24) is 9.88 Å². The predicted molar refractivity (Wildman–Crippen MR) is 91.2 cm³/mol. The van der Waals surface area contributed by atoms with Crippen molar-refractivity contribution in [2.24, 2.45) is 5.73 Å². The molecule has 4 heteroatoms. The van der Waals surface area contributed by atoms with Crippen LogP contribution >= 0.6 is 0 Å². The molecule has 0 aliphatic carbocycles. The standard InChI is InChI=1S/C18H24N4/c1-21(16-6-3-2-4-7-16)18-10-9-15(13-20-18)14-22-11-5-8-17(22)12-19/h2-4,6-7,9-10,13,17H,5,8,11-12,14,19H2,1H3. The predicted octanol–water partition coefficient (Wildman–Crippen LogP) is 2.77. The Morgan fingerprint density at radius 1 is 1.23 bits per heavy atom. The fourth-order valence-corrected chi connectivity index (χ4v) is 3.10. The summed E-state index contributed by atoms with van der Waals surface area (Å²) in [5, 5.41) is 0. The number of benzene rings is 1. The van der Waals surface area contributed by atoms with Gasteiger partial charge in [0, 0.05) is 38.1 Å². The van der Waals surface area contributed by atoms with E-state index in [1.54, 1.807) is 0 Å². The van der Waals surface area contributed by atoms with Gasteiger partial charge in [0.2, 0.25) is 0 Å². The number of likely N-dealkylation sites (tertiary alicyclic amines) is 1. The van der Waals surface area contributed by atoms with Crippen LogP contribution in [0.25, 0.3) is 0 Å². The summed E-state index contributed by atoms with van der Waals surface area (Å²) in [5.74, 6) is 0.965. The van der Waals surface area contributed by atoms with Crippen LogP contribution in [0.4, 0.5) is 11.5 Å². The molecule has 2 heterocycles. The third-order valence-electron chi connectivity index (χ3n) is 4.45. The van der Waals surface area contributed by atoms with Crippen molar-refractivity contribution < 1.29 is 0 Å². The van der Waals surface area contributed by atoms with Gasteiger partial charge < -0.3 is 10.6 Å². The van der Waals surface area contributed by atoms with Crippen LogP contribution in [0.2, 0.25) is 0 Å². The lowest BCUT2D eigenvalue weighted by Crippen LogP contribution is -2.34. The Hall–Kier alpha value is -1.91. The number of rotatable bonds is 5. The fraction of sp³-hybridized carbons (Fsp3) is 0.389. The quantitative estimate of drug-likeness (QED) is 0.921. The third-order valence-corrected chi connectivity index (χ3v) is 4.45. The van der Waals surface area contributed by atoms with Crippen LogP contribution in [0.1, 0.15) is 18.4 Å². The van der Waals surface area contributed by atoms with Crippen molar-refractivity contribution in [3.8, 4) is 0 Å². The van der Waals surface area contributed by atoms with Gasteiger partial charge in [-0.25, -0.2) is 4.98 Å². The summed E-state index contributed by atoms with van der Waals surface area (Å²) in [6.07, 6.45) is 4.46. The number of para-hydroxylation sites is 1. The van der Waals surface area contributed by atoms with E-state index >= 15 is 0 Å². The molecule has 22 heavy (non-hydrogen) atoms. The van der Waals surface area contributed by atoms with E-state index in [2.05, 4.69) is 39.0 Å². The normalized spacial score (nSPS) is 18.5. The number of pyridine rings is 1. The van der Waals surface area contributed by atoms with Gasteiger partial charge in [-0.15, -0.1) is 0 Å². The lowest BCUT2D eigenvalue weighted by molar-refractivity contribution is 0.250. The molecular weight excluding hydrogens is 272 g/mol. The number of hydrogen-bond acceptors (Lipinski definition) is 4. The zero-order valence-electron chi connectivity index (χ0n) is 13.2. The highest BCUT2D eigenvalue weighted by atomic mass is 15.2.